The van der Waals surface area contributed by atoms with Gasteiger partial charge in [-0.1, -0.05) is 287 Å². The Balaban J connectivity index is 4.41. The van der Waals surface area contributed by atoms with Gasteiger partial charge in [-0.2, -0.15) is 0 Å². The summed E-state index contributed by atoms with van der Waals surface area (Å²) >= 11 is 0. The summed E-state index contributed by atoms with van der Waals surface area (Å²) in [6.07, 6.45) is 74.9. The summed E-state index contributed by atoms with van der Waals surface area (Å²) in [7, 11) is 0. The summed E-state index contributed by atoms with van der Waals surface area (Å²) in [5.41, 5.74) is 0. The van der Waals surface area contributed by atoms with E-state index >= 15 is 0 Å². The Morgan fingerprint density at radius 2 is 0.521 bits per heavy atom. The molecule has 0 bridgehead atoms. The van der Waals surface area contributed by atoms with Crippen LogP contribution >= 0.6 is 0 Å². The first-order valence-corrected chi connectivity index (χ1v) is 30.8. The van der Waals surface area contributed by atoms with E-state index in [9.17, 15) is 14.4 Å². The van der Waals surface area contributed by atoms with Crippen LogP contribution in [0.25, 0.3) is 0 Å². The number of unbranched alkanes of at least 4 members (excludes halogenated alkanes) is 38. The number of carbonyl (C=O) groups excluding carboxylic acids is 3. The minimum Gasteiger partial charge on any atom is -0.462 e. The van der Waals surface area contributed by atoms with Crippen LogP contribution in [0.3, 0.4) is 0 Å². The van der Waals surface area contributed by atoms with Gasteiger partial charge in [0.1, 0.15) is 13.2 Å². The molecule has 0 radical (unpaired) electrons. The smallest absolute Gasteiger partial charge is 0.306 e. The fraction of sp³-hybridized carbons (Fsp3) is 0.800. The molecule has 0 saturated carbocycles. The molecule has 71 heavy (non-hydrogen) atoms. The average molecular weight is 994 g/mol. The van der Waals surface area contributed by atoms with E-state index in [1.807, 2.05) is 0 Å². The SMILES string of the molecule is CCCCC\C=C/C=C\C=C/C=C\CCCCCCCC(=O)OCC(COC(=O)CCCCCCCCC/C=C\CCCCCCCC)OC(=O)CCCCCCCCCCCCCCCCCCCC. The maximum atomic E-state index is 12.9. The molecular weight excluding hydrogens is 877 g/mol. The number of hydrogen-bond acceptors (Lipinski definition) is 6. The Morgan fingerprint density at radius 3 is 0.859 bits per heavy atom. The fourth-order valence-corrected chi connectivity index (χ4v) is 8.92. The zero-order valence-corrected chi connectivity index (χ0v) is 47.2. The maximum absolute atomic E-state index is 12.9. The van der Waals surface area contributed by atoms with Crippen molar-refractivity contribution in [2.24, 2.45) is 0 Å². The standard InChI is InChI=1S/C65H116O6/c1-4-7-10-13-16-19-22-25-28-31-34-37-40-43-46-49-52-55-58-64(67)70-61-62(60-69-63(66)57-54-51-48-45-42-39-36-33-30-27-24-21-18-15-12-9-6-3)71-65(68)59-56-53-50-47-44-41-38-35-32-29-26-23-20-17-14-11-8-5-2/h16,19,22,25,27-28,30-31,34,37,62H,4-15,17-18,20-21,23-24,26,29,32-33,35-36,38-61H2,1-3H3/b19-16-,25-22-,30-27-,31-28-,37-34-. The lowest BCUT2D eigenvalue weighted by Crippen LogP contribution is -2.30. The molecular formula is C65H116O6. The molecule has 0 aliphatic carbocycles. The van der Waals surface area contributed by atoms with E-state index in [1.54, 1.807) is 0 Å². The quantitative estimate of drug-likeness (QED) is 0.0199. The van der Waals surface area contributed by atoms with Gasteiger partial charge in [-0.05, 0) is 70.6 Å². The average Bonchev–Trinajstić information content (AvgIpc) is 3.37. The third-order valence-corrected chi connectivity index (χ3v) is 13.6. The topological polar surface area (TPSA) is 78.9 Å². The Bertz CT molecular complexity index is 1280. The first kappa shape index (κ1) is 68.1. The van der Waals surface area contributed by atoms with E-state index in [4.69, 9.17) is 14.2 Å². The number of rotatable bonds is 56. The van der Waals surface area contributed by atoms with Gasteiger partial charge in [0, 0.05) is 19.3 Å². The molecule has 0 aromatic heterocycles. The Kier molecular flexibility index (Phi) is 57.2. The Labute approximate surface area is 440 Å². The van der Waals surface area contributed by atoms with Crippen LogP contribution in [-0.2, 0) is 28.6 Å². The van der Waals surface area contributed by atoms with Crippen molar-refractivity contribution in [3.05, 3.63) is 60.8 Å². The number of carbonyl (C=O) groups is 3. The predicted octanol–water partition coefficient (Wildman–Crippen LogP) is 20.8. The van der Waals surface area contributed by atoms with Crippen molar-refractivity contribution >= 4 is 17.9 Å². The number of ether oxygens (including phenoxy) is 3. The predicted molar refractivity (Wildman–Crippen MR) is 307 cm³/mol. The molecule has 1 unspecified atom stereocenters. The molecule has 0 amide bonds. The van der Waals surface area contributed by atoms with Crippen LogP contribution in [0, 0.1) is 0 Å². The highest BCUT2D eigenvalue weighted by Gasteiger charge is 2.19. The highest BCUT2D eigenvalue weighted by molar-refractivity contribution is 5.71. The normalized spacial score (nSPS) is 12.4. The summed E-state index contributed by atoms with van der Waals surface area (Å²) in [5.74, 6) is -0.891. The third-order valence-electron chi connectivity index (χ3n) is 13.6. The molecule has 0 aliphatic heterocycles. The van der Waals surface area contributed by atoms with Crippen molar-refractivity contribution in [2.75, 3.05) is 13.2 Å². The van der Waals surface area contributed by atoms with Crippen molar-refractivity contribution in [1.82, 2.24) is 0 Å². The largest absolute Gasteiger partial charge is 0.462 e. The molecule has 0 saturated heterocycles. The van der Waals surface area contributed by atoms with Gasteiger partial charge in [0.25, 0.3) is 0 Å². The van der Waals surface area contributed by atoms with Gasteiger partial charge in [-0.15, -0.1) is 0 Å². The zero-order valence-electron chi connectivity index (χ0n) is 47.2. The first-order chi connectivity index (χ1) is 35.0. The molecule has 0 rings (SSSR count). The van der Waals surface area contributed by atoms with Crippen molar-refractivity contribution < 1.29 is 28.6 Å². The van der Waals surface area contributed by atoms with Crippen molar-refractivity contribution in [2.45, 2.75) is 322 Å². The number of hydrogen-bond donors (Lipinski definition) is 0. The molecule has 1 atom stereocenters. The second kappa shape index (κ2) is 59.7. The van der Waals surface area contributed by atoms with E-state index < -0.39 is 6.10 Å². The minimum absolute atomic E-state index is 0.0815. The fourth-order valence-electron chi connectivity index (χ4n) is 8.92. The van der Waals surface area contributed by atoms with E-state index in [1.165, 1.54) is 193 Å². The lowest BCUT2D eigenvalue weighted by Gasteiger charge is -2.18. The highest BCUT2D eigenvalue weighted by atomic mass is 16.6. The van der Waals surface area contributed by atoms with Crippen LogP contribution in [0.2, 0.25) is 0 Å². The minimum atomic E-state index is -0.785. The van der Waals surface area contributed by atoms with Crippen LogP contribution in [0.1, 0.15) is 316 Å². The molecule has 6 heteroatoms. The summed E-state index contributed by atoms with van der Waals surface area (Å²) < 4.78 is 16.9. The second-order valence-corrected chi connectivity index (χ2v) is 20.7. The van der Waals surface area contributed by atoms with Gasteiger partial charge in [0.15, 0.2) is 6.10 Å². The summed E-state index contributed by atoms with van der Waals surface area (Å²) in [5, 5.41) is 0. The van der Waals surface area contributed by atoms with Gasteiger partial charge in [0.2, 0.25) is 0 Å². The van der Waals surface area contributed by atoms with Crippen LogP contribution in [0.4, 0.5) is 0 Å². The summed E-state index contributed by atoms with van der Waals surface area (Å²) in [6, 6.07) is 0. The molecule has 6 nitrogen and oxygen atoms in total. The third kappa shape index (κ3) is 57.9. The molecule has 0 heterocycles. The van der Waals surface area contributed by atoms with E-state index in [0.717, 1.165) is 83.5 Å². The molecule has 412 valence electrons. The van der Waals surface area contributed by atoms with Crippen LogP contribution in [0.15, 0.2) is 60.8 Å². The Morgan fingerprint density at radius 1 is 0.282 bits per heavy atom. The monoisotopic (exact) mass is 993 g/mol. The lowest BCUT2D eigenvalue weighted by molar-refractivity contribution is -0.167. The van der Waals surface area contributed by atoms with Gasteiger partial charge in [-0.3, -0.25) is 14.4 Å². The molecule has 0 N–H and O–H groups in total. The van der Waals surface area contributed by atoms with Gasteiger partial charge in [0.05, 0.1) is 0 Å². The lowest BCUT2D eigenvalue weighted by atomic mass is 10.0. The van der Waals surface area contributed by atoms with E-state index in [0.29, 0.717) is 19.3 Å². The van der Waals surface area contributed by atoms with Crippen LogP contribution in [0.5, 0.6) is 0 Å². The molecule has 0 aromatic rings. The van der Waals surface area contributed by atoms with E-state index in [-0.39, 0.29) is 31.1 Å². The first-order valence-electron chi connectivity index (χ1n) is 30.8. The highest BCUT2D eigenvalue weighted by Crippen LogP contribution is 2.17. The zero-order chi connectivity index (χ0) is 51.4. The molecule has 0 aliphatic rings. The van der Waals surface area contributed by atoms with Gasteiger partial charge < -0.3 is 14.2 Å². The summed E-state index contributed by atoms with van der Waals surface area (Å²) in [6.45, 7) is 6.62. The van der Waals surface area contributed by atoms with Crippen molar-refractivity contribution in [3.8, 4) is 0 Å². The van der Waals surface area contributed by atoms with Gasteiger partial charge >= 0.3 is 17.9 Å². The van der Waals surface area contributed by atoms with E-state index in [2.05, 4.69) is 81.5 Å². The number of esters is 3. The van der Waals surface area contributed by atoms with Crippen LogP contribution in [-0.4, -0.2) is 37.2 Å². The van der Waals surface area contributed by atoms with Crippen molar-refractivity contribution in [3.63, 3.8) is 0 Å². The second-order valence-electron chi connectivity index (χ2n) is 20.7. The van der Waals surface area contributed by atoms with Crippen LogP contribution < -0.4 is 0 Å². The maximum Gasteiger partial charge on any atom is 0.306 e. The summed E-state index contributed by atoms with van der Waals surface area (Å²) in [4.78, 5) is 38.3. The number of allylic oxidation sites excluding steroid dienone is 10. The molecule has 0 fully saturated rings. The van der Waals surface area contributed by atoms with Crippen molar-refractivity contribution in [1.29, 1.82) is 0 Å². The Hall–Kier alpha value is -2.89. The van der Waals surface area contributed by atoms with Gasteiger partial charge in [-0.25, -0.2) is 0 Å². The molecule has 0 spiro atoms. The molecule has 0 aromatic carbocycles.